The van der Waals surface area contributed by atoms with Crippen molar-refractivity contribution in [2.75, 3.05) is 14.2 Å². The van der Waals surface area contributed by atoms with E-state index in [0.29, 0.717) is 46.0 Å². The molecule has 0 saturated heterocycles. The van der Waals surface area contributed by atoms with Crippen molar-refractivity contribution < 1.29 is 28.7 Å². The number of hydrogen-bond acceptors (Lipinski definition) is 8. The van der Waals surface area contributed by atoms with E-state index in [1.807, 2.05) is 48.5 Å². The summed E-state index contributed by atoms with van der Waals surface area (Å²) < 4.78 is 16.6. The molecule has 0 aromatic heterocycles. The number of ether oxygens (including phenoxy) is 3. The standard InChI is InChI=1S/C33H32N2O7/c1-19-10-11-23(15-26(19)35(38)39)31-30(33(37)42-18-21-8-6-5-7-9-21)20(2)34-25-14-24(16-27(36)32(25)31)22-12-13-28(40-3)29(17-22)41-4/h5-13,15,17,24,31,34H,14,16,18H2,1-4H3/t24-,31+/m1/s1. The number of ketones is 1. The van der Waals surface area contributed by atoms with Crippen LogP contribution in [0.1, 0.15) is 53.9 Å². The molecule has 0 radical (unpaired) electrons. The first kappa shape index (κ1) is 28.6. The van der Waals surface area contributed by atoms with Crippen molar-refractivity contribution in [1.82, 2.24) is 5.32 Å². The van der Waals surface area contributed by atoms with Crippen molar-refractivity contribution in [3.63, 3.8) is 0 Å². The van der Waals surface area contributed by atoms with E-state index in [1.165, 1.54) is 6.07 Å². The Labute approximate surface area is 243 Å². The number of Topliss-reactive ketones (excluding diaryl/α,β-unsaturated/α-hetero) is 1. The van der Waals surface area contributed by atoms with Crippen LogP contribution < -0.4 is 14.8 Å². The third kappa shape index (κ3) is 5.50. The normalized spacial score (nSPS) is 18.2. The molecule has 0 bridgehead atoms. The van der Waals surface area contributed by atoms with Gasteiger partial charge in [0.05, 0.1) is 24.7 Å². The summed E-state index contributed by atoms with van der Waals surface area (Å²) in [4.78, 5) is 39.0. The van der Waals surface area contributed by atoms with Crippen LogP contribution in [0.15, 0.2) is 89.3 Å². The highest BCUT2D eigenvalue weighted by molar-refractivity contribution is 6.04. The van der Waals surface area contributed by atoms with Gasteiger partial charge in [0.25, 0.3) is 5.69 Å². The number of nitro groups is 1. The molecule has 1 heterocycles. The van der Waals surface area contributed by atoms with Crippen molar-refractivity contribution in [1.29, 1.82) is 0 Å². The maximum atomic E-state index is 14.0. The number of aryl methyl sites for hydroxylation is 1. The summed E-state index contributed by atoms with van der Waals surface area (Å²) in [7, 11) is 3.13. The van der Waals surface area contributed by atoms with Crippen molar-refractivity contribution in [3.05, 3.63) is 122 Å². The molecule has 3 aromatic carbocycles. The van der Waals surface area contributed by atoms with Gasteiger partial charge in [0.15, 0.2) is 17.3 Å². The minimum atomic E-state index is -0.817. The van der Waals surface area contributed by atoms with E-state index < -0.39 is 16.8 Å². The van der Waals surface area contributed by atoms with Gasteiger partial charge in [0, 0.05) is 40.9 Å². The topological polar surface area (TPSA) is 117 Å². The van der Waals surface area contributed by atoms with Gasteiger partial charge in [-0.15, -0.1) is 0 Å². The Bertz CT molecular complexity index is 1620. The Balaban J connectivity index is 1.56. The van der Waals surface area contributed by atoms with Gasteiger partial charge in [0.1, 0.15) is 6.61 Å². The second-order valence-corrected chi connectivity index (χ2v) is 10.5. The van der Waals surface area contributed by atoms with Gasteiger partial charge < -0.3 is 19.5 Å². The van der Waals surface area contributed by atoms with Crippen LogP contribution in [0.4, 0.5) is 5.69 Å². The number of nitrogens with one attached hydrogen (secondary N) is 1. The number of hydrogen-bond donors (Lipinski definition) is 1. The van der Waals surface area contributed by atoms with E-state index in [1.54, 1.807) is 40.2 Å². The molecule has 9 nitrogen and oxygen atoms in total. The van der Waals surface area contributed by atoms with E-state index in [-0.39, 0.29) is 36.0 Å². The summed E-state index contributed by atoms with van der Waals surface area (Å²) in [6.07, 6.45) is 0.705. The Kier molecular flexibility index (Phi) is 8.10. The molecule has 3 aromatic rings. The molecule has 42 heavy (non-hydrogen) atoms. The number of nitrogens with zero attached hydrogens (tertiary/aromatic N) is 1. The molecule has 216 valence electrons. The van der Waals surface area contributed by atoms with Crippen molar-refractivity contribution in [2.24, 2.45) is 0 Å². The molecular weight excluding hydrogens is 536 g/mol. The van der Waals surface area contributed by atoms with Crippen molar-refractivity contribution in [3.8, 4) is 11.5 Å². The van der Waals surface area contributed by atoms with Crippen LogP contribution in [0.2, 0.25) is 0 Å². The van der Waals surface area contributed by atoms with Crippen molar-refractivity contribution >= 4 is 17.4 Å². The molecule has 0 saturated carbocycles. The molecule has 1 aliphatic carbocycles. The van der Waals surface area contributed by atoms with Gasteiger partial charge >= 0.3 is 5.97 Å². The minimum absolute atomic E-state index is 0.0540. The fourth-order valence-corrected chi connectivity index (χ4v) is 5.79. The molecule has 0 amide bonds. The lowest BCUT2D eigenvalue weighted by Crippen LogP contribution is -2.36. The van der Waals surface area contributed by atoms with E-state index in [2.05, 4.69) is 5.32 Å². The predicted octanol–water partition coefficient (Wildman–Crippen LogP) is 6.03. The number of dihydropyridines is 1. The first-order valence-corrected chi connectivity index (χ1v) is 13.6. The molecule has 2 aliphatic rings. The van der Waals surface area contributed by atoms with Gasteiger partial charge in [-0.3, -0.25) is 14.9 Å². The molecule has 0 fully saturated rings. The lowest BCUT2D eigenvalue weighted by Gasteiger charge is -2.36. The molecule has 0 unspecified atom stereocenters. The number of benzene rings is 3. The summed E-state index contributed by atoms with van der Waals surface area (Å²) in [5.41, 5.74) is 4.58. The Morgan fingerprint density at radius 2 is 1.67 bits per heavy atom. The number of carbonyl (C=O) groups excluding carboxylic acids is 2. The summed E-state index contributed by atoms with van der Waals surface area (Å²) in [5.74, 6) is -0.518. The lowest BCUT2D eigenvalue weighted by molar-refractivity contribution is -0.385. The van der Waals surface area contributed by atoms with Gasteiger partial charge in [-0.1, -0.05) is 48.5 Å². The van der Waals surface area contributed by atoms with Crippen LogP contribution in [0, 0.1) is 17.0 Å². The molecular formula is C33H32N2O7. The van der Waals surface area contributed by atoms with Gasteiger partial charge in [-0.25, -0.2) is 4.79 Å². The zero-order valence-electron chi connectivity index (χ0n) is 23.9. The second kappa shape index (κ2) is 11.9. The highest BCUT2D eigenvalue weighted by Gasteiger charge is 2.42. The van der Waals surface area contributed by atoms with Crippen LogP contribution in [-0.2, 0) is 20.9 Å². The molecule has 5 rings (SSSR count). The summed E-state index contributed by atoms with van der Waals surface area (Å²) >= 11 is 0. The highest BCUT2D eigenvalue weighted by atomic mass is 16.6. The second-order valence-electron chi connectivity index (χ2n) is 10.5. The number of esters is 1. The number of carbonyl (C=O) groups is 2. The van der Waals surface area contributed by atoms with Crippen LogP contribution in [0.25, 0.3) is 0 Å². The smallest absolute Gasteiger partial charge is 0.337 e. The average molecular weight is 569 g/mol. The zero-order valence-corrected chi connectivity index (χ0v) is 23.9. The fourth-order valence-electron chi connectivity index (χ4n) is 5.79. The number of nitro benzene ring substituents is 1. The van der Waals surface area contributed by atoms with Crippen LogP contribution in [0.5, 0.6) is 11.5 Å². The maximum Gasteiger partial charge on any atom is 0.337 e. The fraction of sp³-hybridized carbons (Fsp3) is 0.273. The molecule has 2 atom stereocenters. The third-order valence-corrected chi connectivity index (χ3v) is 7.90. The van der Waals surface area contributed by atoms with E-state index >= 15 is 0 Å². The molecule has 1 N–H and O–H groups in total. The van der Waals surface area contributed by atoms with E-state index in [9.17, 15) is 19.7 Å². The minimum Gasteiger partial charge on any atom is -0.493 e. The van der Waals surface area contributed by atoms with Crippen LogP contribution in [-0.4, -0.2) is 30.9 Å². The van der Waals surface area contributed by atoms with E-state index in [0.717, 1.165) is 11.1 Å². The van der Waals surface area contributed by atoms with Crippen molar-refractivity contribution in [2.45, 2.75) is 45.1 Å². The molecule has 9 heteroatoms. The van der Waals surface area contributed by atoms with Crippen LogP contribution in [0.3, 0.4) is 0 Å². The summed E-state index contributed by atoms with van der Waals surface area (Å²) in [6.45, 7) is 3.48. The zero-order chi connectivity index (χ0) is 30.0. The SMILES string of the molecule is COc1ccc([C@H]2CC(=O)C3=C(C2)NC(C)=C(C(=O)OCc2ccccc2)[C@@H]3c2ccc(C)c([N+](=O)[O-])c2)cc1OC. The Morgan fingerprint density at radius 3 is 2.36 bits per heavy atom. The largest absolute Gasteiger partial charge is 0.493 e. The summed E-state index contributed by atoms with van der Waals surface area (Å²) in [5, 5.41) is 15.2. The first-order chi connectivity index (χ1) is 20.2. The lowest BCUT2D eigenvalue weighted by atomic mass is 9.71. The predicted molar refractivity (Wildman–Crippen MR) is 156 cm³/mol. The van der Waals surface area contributed by atoms with E-state index in [4.69, 9.17) is 14.2 Å². The Hall–Kier alpha value is -4.92. The molecule has 0 spiro atoms. The van der Waals surface area contributed by atoms with Gasteiger partial charge in [-0.2, -0.15) is 0 Å². The monoisotopic (exact) mass is 568 g/mol. The van der Waals surface area contributed by atoms with Gasteiger partial charge in [0.2, 0.25) is 0 Å². The number of rotatable bonds is 8. The Morgan fingerprint density at radius 1 is 0.952 bits per heavy atom. The third-order valence-electron chi connectivity index (χ3n) is 7.90. The maximum absolute atomic E-state index is 14.0. The number of methoxy groups -OCH3 is 2. The van der Waals surface area contributed by atoms with Gasteiger partial charge in [-0.05, 0) is 55.0 Å². The first-order valence-electron chi connectivity index (χ1n) is 13.6. The average Bonchev–Trinajstić information content (AvgIpc) is 2.99. The quantitative estimate of drug-likeness (QED) is 0.199. The number of allylic oxidation sites excluding steroid dienone is 3. The van der Waals surface area contributed by atoms with Crippen LogP contribution >= 0.6 is 0 Å². The highest BCUT2D eigenvalue weighted by Crippen LogP contribution is 2.47. The molecule has 1 aliphatic heterocycles. The summed E-state index contributed by atoms with van der Waals surface area (Å²) in [6, 6.07) is 19.8.